The Morgan fingerprint density at radius 3 is 2.17 bits per heavy atom. The minimum Gasteiger partial charge on any atom is -0.490 e. The molecule has 102 valence electrons. The molecule has 18 heavy (non-hydrogen) atoms. The van der Waals surface area contributed by atoms with E-state index in [9.17, 15) is 13.2 Å². The molecule has 0 aliphatic heterocycles. The summed E-state index contributed by atoms with van der Waals surface area (Å²) in [6, 6.07) is 3.50. The SMILES string of the molecule is Cc1cc(CN)cc(C)c1OCC(O)C(F)(F)F. The molecule has 6 heteroatoms. The lowest BCUT2D eigenvalue weighted by Crippen LogP contribution is -2.34. The highest BCUT2D eigenvalue weighted by Gasteiger charge is 2.38. The van der Waals surface area contributed by atoms with Crippen molar-refractivity contribution >= 4 is 0 Å². The van der Waals surface area contributed by atoms with Crippen LogP contribution in [0.15, 0.2) is 12.1 Å². The van der Waals surface area contributed by atoms with Gasteiger partial charge in [-0.2, -0.15) is 13.2 Å². The van der Waals surface area contributed by atoms with Crippen LogP contribution in [-0.4, -0.2) is 24.0 Å². The molecule has 0 aliphatic rings. The predicted octanol–water partition coefficient (Wildman–Crippen LogP) is 2.06. The Hall–Kier alpha value is -1.27. The van der Waals surface area contributed by atoms with Crippen molar-refractivity contribution in [3.05, 3.63) is 28.8 Å². The number of alkyl halides is 3. The molecular weight excluding hydrogens is 247 g/mol. The molecule has 1 rings (SSSR count). The number of hydrogen-bond acceptors (Lipinski definition) is 3. The van der Waals surface area contributed by atoms with Gasteiger partial charge < -0.3 is 15.6 Å². The van der Waals surface area contributed by atoms with Gasteiger partial charge in [0.2, 0.25) is 0 Å². The van der Waals surface area contributed by atoms with Crippen molar-refractivity contribution in [1.29, 1.82) is 0 Å². The summed E-state index contributed by atoms with van der Waals surface area (Å²) in [6.07, 6.45) is -7.15. The first-order chi connectivity index (χ1) is 8.25. The smallest absolute Gasteiger partial charge is 0.417 e. The summed E-state index contributed by atoms with van der Waals surface area (Å²) >= 11 is 0. The lowest BCUT2D eigenvalue weighted by atomic mass is 10.1. The lowest BCUT2D eigenvalue weighted by molar-refractivity contribution is -0.210. The molecule has 1 unspecified atom stereocenters. The van der Waals surface area contributed by atoms with E-state index >= 15 is 0 Å². The minimum absolute atomic E-state index is 0.354. The molecule has 1 atom stereocenters. The Balaban J connectivity index is 2.80. The van der Waals surface area contributed by atoms with E-state index in [1.807, 2.05) is 0 Å². The normalized spacial score (nSPS) is 13.5. The predicted molar refractivity (Wildman–Crippen MR) is 61.4 cm³/mol. The number of benzene rings is 1. The molecular formula is C12H16F3NO2. The number of rotatable bonds is 4. The molecule has 0 saturated heterocycles. The molecule has 0 fully saturated rings. The molecule has 1 aromatic rings. The van der Waals surface area contributed by atoms with Crippen LogP contribution in [0, 0.1) is 13.8 Å². The van der Waals surface area contributed by atoms with Gasteiger partial charge in [0.1, 0.15) is 12.4 Å². The Morgan fingerprint density at radius 2 is 1.78 bits per heavy atom. The fourth-order valence-corrected chi connectivity index (χ4v) is 1.64. The molecule has 0 bridgehead atoms. The van der Waals surface area contributed by atoms with Crippen LogP contribution in [0.5, 0.6) is 5.75 Å². The minimum atomic E-state index is -4.67. The summed E-state index contributed by atoms with van der Waals surface area (Å²) in [5, 5.41) is 8.86. The fraction of sp³-hybridized carbons (Fsp3) is 0.500. The molecule has 0 aliphatic carbocycles. The average molecular weight is 263 g/mol. The first kappa shape index (κ1) is 14.8. The fourth-order valence-electron chi connectivity index (χ4n) is 1.64. The van der Waals surface area contributed by atoms with Crippen LogP contribution in [0.4, 0.5) is 13.2 Å². The van der Waals surface area contributed by atoms with Crippen LogP contribution in [-0.2, 0) is 6.54 Å². The van der Waals surface area contributed by atoms with Crippen LogP contribution < -0.4 is 10.5 Å². The largest absolute Gasteiger partial charge is 0.490 e. The summed E-state index contributed by atoms with van der Waals surface area (Å²) in [5.41, 5.74) is 7.77. The van der Waals surface area contributed by atoms with Crippen molar-refractivity contribution in [1.82, 2.24) is 0 Å². The van der Waals surface area contributed by atoms with E-state index in [2.05, 4.69) is 0 Å². The first-order valence-electron chi connectivity index (χ1n) is 5.43. The zero-order chi connectivity index (χ0) is 13.9. The van der Waals surface area contributed by atoms with Crippen molar-refractivity contribution < 1.29 is 23.0 Å². The Kier molecular flexibility index (Phi) is 4.59. The monoisotopic (exact) mass is 263 g/mol. The summed E-state index contributed by atoms with van der Waals surface area (Å²) in [5.74, 6) is 0.357. The van der Waals surface area contributed by atoms with Crippen LogP contribution in [0.1, 0.15) is 16.7 Å². The summed E-state index contributed by atoms with van der Waals surface area (Å²) in [4.78, 5) is 0. The maximum Gasteiger partial charge on any atom is 0.417 e. The Bertz CT molecular complexity index is 395. The molecule has 0 radical (unpaired) electrons. The van der Waals surface area contributed by atoms with Crippen molar-refractivity contribution in [3.8, 4) is 5.75 Å². The van der Waals surface area contributed by atoms with Crippen LogP contribution in [0.25, 0.3) is 0 Å². The van der Waals surface area contributed by atoms with Gasteiger partial charge in [-0.25, -0.2) is 0 Å². The van der Waals surface area contributed by atoms with E-state index in [1.54, 1.807) is 26.0 Å². The Morgan fingerprint density at radius 1 is 1.28 bits per heavy atom. The van der Waals surface area contributed by atoms with E-state index < -0.39 is 18.9 Å². The topological polar surface area (TPSA) is 55.5 Å². The van der Waals surface area contributed by atoms with E-state index in [1.165, 1.54) is 0 Å². The van der Waals surface area contributed by atoms with E-state index in [0.29, 0.717) is 23.4 Å². The summed E-state index contributed by atoms with van der Waals surface area (Å²) < 4.78 is 41.4. The number of aliphatic hydroxyl groups is 1. The van der Waals surface area contributed by atoms with Gasteiger partial charge in [-0.1, -0.05) is 12.1 Å². The Labute approximate surface area is 103 Å². The van der Waals surface area contributed by atoms with Crippen molar-refractivity contribution in [2.24, 2.45) is 5.73 Å². The maximum atomic E-state index is 12.1. The highest BCUT2D eigenvalue weighted by atomic mass is 19.4. The number of aliphatic hydroxyl groups excluding tert-OH is 1. The standard InChI is InChI=1S/C12H16F3NO2/c1-7-3-9(5-16)4-8(2)11(7)18-6-10(17)12(13,14)15/h3-4,10,17H,5-6,16H2,1-2H3. The van der Waals surface area contributed by atoms with Crippen LogP contribution in [0.2, 0.25) is 0 Å². The number of nitrogens with two attached hydrogens (primary N) is 1. The second-order valence-electron chi connectivity index (χ2n) is 4.13. The third-order valence-corrected chi connectivity index (χ3v) is 2.52. The van der Waals surface area contributed by atoms with E-state index in [-0.39, 0.29) is 0 Å². The van der Waals surface area contributed by atoms with Gasteiger partial charge in [0.15, 0.2) is 6.10 Å². The lowest BCUT2D eigenvalue weighted by Gasteiger charge is -2.18. The number of ether oxygens (including phenoxy) is 1. The van der Waals surface area contributed by atoms with Gasteiger partial charge in [-0.05, 0) is 30.5 Å². The molecule has 0 spiro atoms. The van der Waals surface area contributed by atoms with Gasteiger partial charge in [0, 0.05) is 6.54 Å². The second kappa shape index (κ2) is 5.58. The van der Waals surface area contributed by atoms with Gasteiger partial charge in [0.25, 0.3) is 0 Å². The van der Waals surface area contributed by atoms with E-state index in [4.69, 9.17) is 15.6 Å². The van der Waals surface area contributed by atoms with E-state index in [0.717, 1.165) is 5.56 Å². The molecule has 0 amide bonds. The highest BCUT2D eigenvalue weighted by Crippen LogP contribution is 2.26. The summed E-state index contributed by atoms with van der Waals surface area (Å²) in [6.45, 7) is 2.99. The van der Waals surface area contributed by atoms with Crippen LogP contribution in [0.3, 0.4) is 0 Å². The first-order valence-corrected chi connectivity index (χ1v) is 5.43. The molecule has 3 N–H and O–H groups in total. The number of halogens is 3. The maximum absolute atomic E-state index is 12.1. The van der Waals surface area contributed by atoms with Gasteiger partial charge in [0.05, 0.1) is 0 Å². The average Bonchev–Trinajstić information content (AvgIpc) is 2.25. The van der Waals surface area contributed by atoms with Gasteiger partial charge in [-0.15, -0.1) is 0 Å². The number of aryl methyl sites for hydroxylation is 2. The summed E-state index contributed by atoms with van der Waals surface area (Å²) in [7, 11) is 0. The number of hydrogen-bond donors (Lipinski definition) is 2. The molecule has 0 saturated carbocycles. The third-order valence-electron chi connectivity index (χ3n) is 2.52. The third kappa shape index (κ3) is 3.61. The van der Waals surface area contributed by atoms with Gasteiger partial charge >= 0.3 is 6.18 Å². The second-order valence-corrected chi connectivity index (χ2v) is 4.13. The van der Waals surface area contributed by atoms with Crippen molar-refractivity contribution in [3.63, 3.8) is 0 Å². The van der Waals surface area contributed by atoms with Gasteiger partial charge in [-0.3, -0.25) is 0 Å². The highest BCUT2D eigenvalue weighted by molar-refractivity contribution is 5.43. The zero-order valence-electron chi connectivity index (χ0n) is 10.2. The molecule has 3 nitrogen and oxygen atoms in total. The van der Waals surface area contributed by atoms with Crippen molar-refractivity contribution in [2.75, 3.05) is 6.61 Å². The molecule has 1 aromatic carbocycles. The molecule has 0 aromatic heterocycles. The zero-order valence-corrected chi connectivity index (χ0v) is 10.2. The van der Waals surface area contributed by atoms with Crippen LogP contribution >= 0.6 is 0 Å². The molecule has 0 heterocycles. The van der Waals surface area contributed by atoms with Crippen molar-refractivity contribution in [2.45, 2.75) is 32.7 Å². The quantitative estimate of drug-likeness (QED) is 0.874.